The van der Waals surface area contributed by atoms with Gasteiger partial charge in [0, 0.05) is 22.8 Å². The maximum Gasteiger partial charge on any atom is 0.282 e. The average Bonchev–Trinajstić information content (AvgIpc) is 2.47. The standard InChI is InChI=1S/C13H9BrN2O4S/c14-11-3-1-10(2-4-11)9-15-21(19,20)13-7-5-12(6-8-13)16(17)18/h1-9H/b15-9+. The quantitative estimate of drug-likeness (QED) is 0.470. The van der Waals surface area contributed by atoms with Crippen molar-refractivity contribution in [2.45, 2.75) is 4.90 Å². The van der Waals surface area contributed by atoms with Gasteiger partial charge < -0.3 is 0 Å². The molecule has 0 radical (unpaired) electrons. The molecule has 8 heteroatoms. The molecule has 0 atom stereocenters. The first-order chi connectivity index (χ1) is 9.88. The fraction of sp³-hybridized carbons (Fsp3) is 0. The maximum atomic E-state index is 12.0. The molecule has 2 aromatic rings. The van der Waals surface area contributed by atoms with Crippen molar-refractivity contribution >= 4 is 37.9 Å². The number of sulfonamides is 1. The van der Waals surface area contributed by atoms with E-state index in [4.69, 9.17) is 0 Å². The van der Waals surface area contributed by atoms with E-state index >= 15 is 0 Å². The lowest BCUT2D eigenvalue weighted by atomic mass is 10.2. The Kier molecular flexibility index (Phi) is 4.49. The van der Waals surface area contributed by atoms with Crippen molar-refractivity contribution in [1.29, 1.82) is 0 Å². The number of nitro benzene ring substituents is 1. The monoisotopic (exact) mass is 368 g/mol. The summed E-state index contributed by atoms with van der Waals surface area (Å²) in [4.78, 5) is 9.83. The van der Waals surface area contributed by atoms with E-state index in [1.165, 1.54) is 6.21 Å². The Bertz CT molecular complexity index is 784. The minimum atomic E-state index is -3.88. The third-order valence-corrected chi connectivity index (χ3v) is 4.34. The molecular formula is C13H9BrN2O4S. The Morgan fingerprint density at radius 1 is 1.05 bits per heavy atom. The van der Waals surface area contributed by atoms with E-state index < -0.39 is 14.9 Å². The van der Waals surface area contributed by atoms with Gasteiger partial charge >= 0.3 is 0 Å². The molecule has 2 aromatic carbocycles. The van der Waals surface area contributed by atoms with Crippen molar-refractivity contribution in [1.82, 2.24) is 0 Å². The van der Waals surface area contributed by atoms with E-state index in [0.29, 0.717) is 5.56 Å². The molecule has 0 unspecified atom stereocenters. The first-order valence-corrected chi connectivity index (χ1v) is 7.92. The Morgan fingerprint density at radius 2 is 1.62 bits per heavy atom. The van der Waals surface area contributed by atoms with Gasteiger partial charge in [-0.1, -0.05) is 28.1 Å². The summed E-state index contributed by atoms with van der Waals surface area (Å²) in [5, 5.41) is 10.5. The zero-order valence-corrected chi connectivity index (χ0v) is 12.9. The molecule has 0 aliphatic heterocycles. The van der Waals surface area contributed by atoms with Crippen LogP contribution in [0.25, 0.3) is 0 Å². The Hall–Kier alpha value is -2.06. The van der Waals surface area contributed by atoms with Gasteiger partial charge in [-0.15, -0.1) is 0 Å². The molecule has 2 rings (SSSR count). The summed E-state index contributed by atoms with van der Waals surface area (Å²) in [6, 6.07) is 11.5. The number of nitro groups is 1. The van der Waals surface area contributed by atoms with Crippen LogP contribution in [0.3, 0.4) is 0 Å². The predicted octanol–water partition coefficient (Wildman–Crippen LogP) is 3.17. The third kappa shape index (κ3) is 3.96. The number of halogens is 1. The second-order valence-electron chi connectivity index (χ2n) is 4.01. The summed E-state index contributed by atoms with van der Waals surface area (Å²) in [7, 11) is -3.88. The molecule has 0 heterocycles. The molecule has 0 fully saturated rings. The molecule has 21 heavy (non-hydrogen) atoms. The minimum Gasteiger partial charge on any atom is -0.258 e. The van der Waals surface area contributed by atoms with Crippen LogP contribution in [0.4, 0.5) is 5.69 Å². The fourth-order valence-electron chi connectivity index (χ4n) is 1.48. The number of hydrogen-bond acceptors (Lipinski definition) is 4. The van der Waals surface area contributed by atoms with Crippen LogP contribution in [0.5, 0.6) is 0 Å². The summed E-state index contributed by atoms with van der Waals surface area (Å²) in [5.74, 6) is 0. The summed E-state index contributed by atoms with van der Waals surface area (Å²) in [5.41, 5.74) is 0.453. The van der Waals surface area contributed by atoms with Crippen molar-refractivity contribution in [3.63, 3.8) is 0 Å². The first-order valence-electron chi connectivity index (χ1n) is 5.69. The van der Waals surface area contributed by atoms with Crippen LogP contribution >= 0.6 is 15.9 Å². The van der Waals surface area contributed by atoms with Crippen LogP contribution in [0.1, 0.15) is 5.56 Å². The Labute approximate surface area is 129 Å². The summed E-state index contributed by atoms with van der Waals surface area (Å²) in [6.07, 6.45) is 1.23. The van der Waals surface area contributed by atoms with Gasteiger partial charge in [-0.2, -0.15) is 12.8 Å². The zero-order valence-electron chi connectivity index (χ0n) is 10.5. The number of non-ortho nitro benzene ring substituents is 1. The van der Waals surface area contributed by atoms with Crippen LogP contribution in [0, 0.1) is 10.1 Å². The molecule has 0 saturated heterocycles. The third-order valence-electron chi connectivity index (χ3n) is 2.56. The van der Waals surface area contributed by atoms with E-state index in [1.54, 1.807) is 24.3 Å². The van der Waals surface area contributed by atoms with Gasteiger partial charge in [0.15, 0.2) is 0 Å². The van der Waals surface area contributed by atoms with Gasteiger partial charge in [-0.05, 0) is 29.8 Å². The van der Waals surface area contributed by atoms with Gasteiger partial charge in [0.1, 0.15) is 0 Å². The fourth-order valence-corrected chi connectivity index (χ4v) is 2.61. The summed E-state index contributed by atoms with van der Waals surface area (Å²) < 4.78 is 28.4. The minimum absolute atomic E-state index is 0.0959. The van der Waals surface area contributed by atoms with Gasteiger partial charge in [0.05, 0.1) is 9.82 Å². The van der Waals surface area contributed by atoms with Crippen molar-refractivity contribution in [2.75, 3.05) is 0 Å². The molecule has 0 spiro atoms. The van der Waals surface area contributed by atoms with E-state index in [1.807, 2.05) is 0 Å². The van der Waals surface area contributed by atoms with Crippen molar-refractivity contribution in [2.24, 2.45) is 4.40 Å². The maximum absolute atomic E-state index is 12.0. The van der Waals surface area contributed by atoms with Crippen LogP contribution in [0.15, 0.2) is 62.3 Å². The van der Waals surface area contributed by atoms with Gasteiger partial charge in [0.25, 0.3) is 15.7 Å². The lowest BCUT2D eigenvalue weighted by Gasteiger charge is -1.98. The summed E-state index contributed by atoms with van der Waals surface area (Å²) in [6.45, 7) is 0. The molecule has 0 aliphatic rings. The SMILES string of the molecule is O=[N+]([O-])c1ccc(S(=O)(=O)/N=C/c2ccc(Br)cc2)cc1. The Morgan fingerprint density at radius 3 is 2.14 bits per heavy atom. The van der Waals surface area contributed by atoms with E-state index in [2.05, 4.69) is 20.3 Å². The van der Waals surface area contributed by atoms with Crippen LogP contribution < -0.4 is 0 Å². The largest absolute Gasteiger partial charge is 0.282 e. The number of nitrogens with zero attached hydrogens (tertiary/aromatic N) is 2. The number of hydrogen-bond donors (Lipinski definition) is 0. The molecule has 108 valence electrons. The van der Waals surface area contributed by atoms with Crippen LogP contribution in [-0.4, -0.2) is 19.6 Å². The highest BCUT2D eigenvalue weighted by molar-refractivity contribution is 9.10. The number of rotatable bonds is 4. The lowest BCUT2D eigenvalue weighted by Crippen LogP contribution is -1.98. The lowest BCUT2D eigenvalue weighted by molar-refractivity contribution is -0.384. The molecule has 0 amide bonds. The van der Waals surface area contributed by atoms with E-state index in [0.717, 1.165) is 28.7 Å². The average molecular weight is 369 g/mol. The normalized spacial score (nSPS) is 11.7. The zero-order chi connectivity index (χ0) is 15.5. The van der Waals surface area contributed by atoms with Crippen molar-refractivity contribution in [3.8, 4) is 0 Å². The highest BCUT2D eigenvalue weighted by Crippen LogP contribution is 2.17. The molecule has 6 nitrogen and oxygen atoms in total. The first kappa shape index (κ1) is 15.3. The highest BCUT2D eigenvalue weighted by Gasteiger charge is 2.13. The smallest absolute Gasteiger partial charge is 0.258 e. The van der Waals surface area contributed by atoms with E-state index in [9.17, 15) is 18.5 Å². The van der Waals surface area contributed by atoms with Crippen LogP contribution in [0.2, 0.25) is 0 Å². The molecule has 0 saturated carbocycles. The highest BCUT2D eigenvalue weighted by atomic mass is 79.9. The van der Waals surface area contributed by atoms with Crippen molar-refractivity contribution in [3.05, 3.63) is 68.7 Å². The molecule has 0 aliphatic carbocycles. The van der Waals surface area contributed by atoms with Crippen molar-refractivity contribution < 1.29 is 13.3 Å². The number of benzene rings is 2. The van der Waals surface area contributed by atoms with Gasteiger partial charge in [0.2, 0.25) is 0 Å². The van der Waals surface area contributed by atoms with Gasteiger partial charge in [-0.25, -0.2) is 0 Å². The summed E-state index contributed by atoms with van der Waals surface area (Å²) >= 11 is 3.27. The van der Waals surface area contributed by atoms with E-state index in [-0.39, 0.29) is 10.6 Å². The van der Waals surface area contributed by atoms with Gasteiger partial charge in [-0.3, -0.25) is 10.1 Å². The second kappa shape index (κ2) is 6.15. The second-order valence-corrected chi connectivity index (χ2v) is 6.56. The molecule has 0 N–H and O–H groups in total. The Balaban J connectivity index is 2.25. The van der Waals surface area contributed by atoms with Crippen LogP contribution in [-0.2, 0) is 10.0 Å². The molecular weight excluding hydrogens is 360 g/mol. The predicted molar refractivity (Wildman–Crippen MR) is 82.0 cm³/mol. The molecule has 0 aromatic heterocycles. The topological polar surface area (TPSA) is 89.6 Å². The molecule has 0 bridgehead atoms.